The predicted molar refractivity (Wildman–Crippen MR) is 106 cm³/mol. The molecular formula is C19H28N4O4. The second kappa shape index (κ2) is 10.2. The summed E-state index contributed by atoms with van der Waals surface area (Å²) in [7, 11) is 2.76. The Labute approximate surface area is 160 Å². The molecule has 0 unspecified atom stereocenters. The van der Waals surface area contributed by atoms with E-state index in [1.54, 1.807) is 18.5 Å². The second-order valence-corrected chi connectivity index (χ2v) is 5.11. The Bertz CT molecular complexity index is 781. The molecule has 0 bridgehead atoms. The fourth-order valence-electron chi connectivity index (χ4n) is 2.49. The van der Waals surface area contributed by atoms with Gasteiger partial charge in [-0.15, -0.1) is 0 Å². The zero-order valence-electron chi connectivity index (χ0n) is 15.7. The summed E-state index contributed by atoms with van der Waals surface area (Å²) in [4.78, 5) is 20.4. The monoisotopic (exact) mass is 376 g/mol. The van der Waals surface area contributed by atoms with Gasteiger partial charge in [-0.3, -0.25) is 0 Å². The lowest BCUT2D eigenvalue weighted by atomic mass is 10.1. The van der Waals surface area contributed by atoms with Crippen LogP contribution in [0.5, 0.6) is 11.8 Å². The normalized spacial score (nSPS) is 11.3. The number of hydrogen-bond donors (Lipinski definition) is 2. The molecule has 0 aromatic carbocycles. The molecule has 2 aromatic heterocycles. The molecule has 8 heteroatoms. The first-order valence-corrected chi connectivity index (χ1v) is 8.40. The van der Waals surface area contributed by atoms with Crippen molar-refractivity contribution in [2.45, 2.75) is 28.2 Å². The Kier molecular flexibility index (Phi) is 8.32. The fourth-order valence-corrected chi connectivity index (χ4v) is 2.49. The van der Waals surface area contributed by atoms with E-state index < -0.39 is 5.97 Å². The van der Waals surface area contributed by atoms with Gasteiger partial charge in [0, 0.05) is 18.3 Å². The number of rotatable bonds is 4. The van der Waals surface area contributed by atoms with Gasteiger partial charge in [-0.1, -0.05) is 21.3 Å². The Morgan fingerprint density at radius 1 is 1.26 bits per heavy atom. The number of methoxy groups -OCH3 is 2. The minimum Gasteiger partial charge on any atom is -0.480 e. The first kappa shape index (κ1) is 22.0. The van der Waals surface area contributed by atoms with Crippen LogP contribution >= 0.6 is 0 Å². The number of nitrogens with zero attached hydrogens (tertiary/aromatic N) is 2. The molecule has 0 aliphatic carbocycles. The average Bonchev–Trinajstić information content (AvgIpc) is 2.71. The largest absolute Gasteiger partial charge is 0.480 e. The van der Waals surface area contributed by atoms with E-state index in [2.05, 4.69) is 20.6 Å². The summed E-state index contributed by atoms with van der Waals surface area (Å²) >= 11 is 0. The number of hydrogen-bond acceptors (Lipinski definition) is 8. The van der Waals surface area contributed by atoms with Gasteiger partial charge < -0.3 is 24.8 Å². The lowest BCUT2D eigenvalue weighted by Gasteiger charge is -2.22. The van der Waals surface area contributed by atoms with Crippen molar-refractivity contribution in [1.82, 2.24) is 9.97 Å². The summed E-state index contributed by atoms with van der Waals surface area (Å²) < 4.78 is 15.5. The highest BCUT2D eigenvalue weighted by Gasteiger charge is 2.21. The third-order valence-corrected chi connectivity index (χ3v) is 3.71. The van der Waals surface area contributed by atoms with Crippen LogP contribution in [0.2, 0.25) is 0 Å². The summed E-state index contributed by atoms with van der Waals surface area (Å²) in [5, 5.41) is 6.47. The van der Waals surface area contributed by atoms with Crippen LogP contribution in [0.1, 0.15) is 37.2 Å². The van der Waals surface area contributed by atoms with E-state index in [4.69, 9.17) is 14.2 Å². The number of pyridine rings is 2. The lowest BCUT2D eigenvalue weighted by Crippen LogP contribution is -2.20. The number of esters is 1. The molecular weight excluding hydrogens is 348 g/mol. The standard InChI is InChI=1S/C16H18N4O4.C2H6.CH4/c1-9-11(8-19-15-13(9)17-6-7-24-15)20-10-4-5-18-14(22-2)12(10)16(21)23-3;1-2;/h4-5,8,17H,6-7H2,1-3H3,(H,18,20);1-2H3;1H4. The molecule has 2 N–H and O–H groups in total. The highest BCUT2D eigenvalue weighted by molar-refractivity contribution is 5.99. The number of aromatic nitrogens is 2. The van der Waals surface area contributed by atoms with Gasteiger partial charge in [0.1, 0.15) is 17.9 Å². The first-order valence-electron chi connectivity index (χ1n) is 8.40. The Balaban J connectivity index is 0.00000118. The Morgan fingerprint density at radius 2 is 2.00 bits per heavy atom. The molecule has 0 saturated heterocycles. The maximum atomic E-state index is 12.1. The van der Waals surface area contributed by atoms with Gasteiger partial charge in [0.05, 0.1) is 31.8 Å². The molecule has 0 radical (unpaired) electrons. The van der Waals surface area contributed by atoms with Crippen molar-refractivity contribution < 1.29 is 19.0 Å². The van der Waals surface area contributed by atoms with Crippen LogP contribution in [-0.4, -0.2) is 43.3 Å². The zero-order chi connectivity index (χ0) is 19.1. The minimum absolute atomic E-state index is 0. The number of anilines is 3. The SMILES string of the molecule is C.CC.COC(=O)c1c(Nc2cnc3c(c2C)NCCO3)ccnc1OC. The summed E-state index contributed by atoms with van der Waals surface area (Å²) in [5.41, 5.74) is 3.27. The smallest absolute Gasteiger partial charge is 0.345 e. The number of ether oxygens (including phenoxy) is 3. The maximum Gasteiger partial charge on any atom is 0.345 e. The zero-order valence-corrected chi connectivity index (χ0v) is 15.7. The molecule has 1 aliphatic rings. The quantitative estimate of drug-likeness (QED) is 0.778. The van der Waals surface area contributed by atoms with Gasteiger partial charge in [-0.2, -0.15) is 0 Å². The average molecular weight is 376 g/mol. The van der Waals surface area contributed by atoms with Crippen LogP contribution in [-0.2, 0) is 4.74 Å². The van der Waals surface area contributed by atoms with Crippen LogP contribution in [0.4, 0.5) is 17.1 Å². The van der Waals surface area contributed by atoms with Crippen LogP contribution < -0.4 is 20.1 Å². The molecule has 0 atom stereocenters. The first-order chi connectivity index (χ1) is 12.7. The molecule has 1 aliphatic heterocycles. The van der Waals surface area contributed by atoms with Crippen LogP contribution in [0.25, 0.3) is 0 Å². The number of carbonyl (C=O) groups is 1. The topological polar surface area (TPSA) is 94.6 Å². The number of carbonyl (C=O) groups excluding carboxylic acids is 1. The molecule has 0 spiro atoms. The minimum atomic E-state index is -0.535. The van der Waals surface area contributed by atoms with Crippen molar-refractivity contribution in [2.24, 2.45) is 0 Å². The van der Waals surface area contributed by atoms with E-state index in [-0.39, 0.29) is 18.9 Å². The van der Waals surface area contributed by atoms with Gasteiger partial charge in [-0.05, 0) is 13.0 Å². The van der Waals surface area contributed by atoms with Crippen molar-refractivity contribution in [3.05, 3.63) is 29.6 Å². The van der Waals surface area contributed by atoms with E-state index in [9.17, 15) is 4.79 Å². The molecule has 0 fully saturated rings. The highest BCUT2D eigenvalue weighted by Crippen LogP contribution is 2.35. The van der Waals surface area contributed by atoms with E-state index in [1.807, 2.05) is 20.8 Å². The van der Waals surface area contributed by atoms with Gasteiger partial charge in [0.2, 0.25) is 11.8 Å². The molecule has 2 aromatic rings. The fraction of sp³-hybridized carbons (Fsp3) is 0.421. The molecule has 3 heterocycles. The summed E-state index contributed by atoms with van der Waals surface area (Å²) in [6.45, 7) is 7.25. The van der Waals surface area contributed by atoms with E-state index in [1.165, 1.54) is 14.2 Å². The van der Waals surface area contributed by atoms with Crippen molar-refractivity contribution in [3.8, 4) is 11.8 Å². The van der Waals surface area contributed by atoms with Crippen LogP contribution in [0.15, 0.2) is 18.5 Å². The molecule has 8 nitrogen and oxygen atoms in total. The number of nitrogens with one attached hydrogen (secondary N) is 2. The van der Waals surface area contributed by atoms with Gasteiger partial charge in [0.15, 0.2) is 0 Å². The van der Waals surface area contributed by atoms with Crippen LogP contribution in [0, 0.1) is 6.92 Å². The third-order valence-electron chi connectivity index (χ3n) is 3.71. The summed E-state index contributed by atoms with van der Waals surface area (Å²) in [5.74, 6) is 0.231. The van der Waals surface area contributed by atoms with Crippen molar-refractivity contribution in [1.29, 1.82) is 0 Å². The molecule has 3 rings (SSSR count). The van der Waals surface area contributed by atoms with Gasteiger partial charge in [-0.25, -0.2) is 14.8 Å². The molecule has 0 amide bonds. The second-order valence-electron chi connectivity index (χ2n) is 5.11. The highest BCUT2D eigenvalue weighted by atomic mass is 16.5. The van der Waals surface area contributed by atoms with Gasteiger partial charge >= 0.3 is 5.97 Å². The van der Waals surface area contributed by atoms with E-state index >= 15 is 0 Å². The number of fused-ring (bicyclic) bond motifs is 1. The van der Waals surface area contributed by atoms with Crippen molar-refractivity contribution in [2.75, 3.05) is 38.0 Å². The Morgan fingerprint density at radius 3 is 2.67 bits per heavy atom. The van der Waals surface area contributed by atoms with Gasteiger partial charge in [0.25, 0.3) is 0 Å². The third kappa shape index (κ3) is 4.58. The Hall–Kier alpha value is -3.03. The summed E-state index contributed by atoms with van der Waals surface area (Å²) in [6, 6.07) is 1.68. The lowest BCUT2D eigenvalue weighted by molar-refractivity contribution is 0.0597. The maximum absolute atomic E-state index is 12.1. The van der Waals surface area contributed by atoms with E-state index in [0.29, 0.717) is 18.2 Å². The van der Waals surface area contributed by atoms with Crippen molar-refractivity contribution in [3.63, 3.8) is 0 Å². The summed E-state index contributed by atoms with van der Waals surface area (Å²) in [6.07, 6.45) is 3.21. The van der Waals surface area contributed by atoms with Crippen molar-refractivity contribution >= 4 is 23.0 Å². The molecule has 148 valence electrons. The van der Waals surface area contributed by atoms with E-state index in [0.717, 1.165) is 23.5 Å². The molecule has 0 saturated carbocycles. The van der Waals surface area contributed by atoms with Crippen LogP contribution in [0.3, 0.4) is 0 Å². The predicted octanol–water partition coefficient (Wildman–Crippen LogP) is 3.79. The molecule has 27 heavy (non-hydrogen) atoms.